The molecule has 2 atom stereocenters. The van der Waals surface area contributed by atoms with Gasteiger partial charge in [0.05, 0.1) is 0 Å². The van der Waals surface area contributed by atoms with Gasteiger partial charge >= 0.3 is 0 Å². The molecule has 1 fully saturated rings. The summed E-state index contributed by atoms with van der Waals surface area (Å²) in [5.74, 6) is 0. The highest BCUT2D eigenvalue weighted by Crippen LogP contribution is 2.36. The second-order valence-corrected chi connectivity index (χ2v) is 6.00. The molecule has 1 saturated carbocycles. The lowest BCUT2D eigenvalue weighted by Crippen LogP contribution is -2.35. The molecule has 2 rings (SSSR count). The van der Waals surface area contributed by atoms with Gasteiger partial charge in [0.15, 0.2) is 0 Å². The lowest BCUT2D eigenvalue weighted by Gasteiger charge is -2.28. The van der Waals surface area contributed by atoms with E-state index in [2.05, 4.69) is 0 Å². The fraction of sp³-hybridized carbons (Fsp3) is 0.500. The van der Waals surface area contributed by atoms with Crippen molar-refractivity contribution in [1.29, 1.82) is 0 Å². The summed E-state index contributed by atoms with van der Waals surface area (Å²) in [5, 5.41) is 1.19. The van der Waals surface area contributed by atoms with Gasteiger partial charge in [0.1, 0.15) is 0 Å². The van der Waals surface area contributed by atoms with Crippen molar-refractivity contribution in [1.82, 2.24) is 0 Å². The molecule has 4 N–H and O–H groups in total. The van der Waals surface area contributed by atoms with Gasteiger partial charge in [-0.05, 0) is 31.0 Å². The number of hydrogen-bond acceptors (Lipinski definition) is 3. The lowest BCUT2D eigenvalue weighted by molar-refractivity contribution is 0.453. The van der Waals surface area contributed by atoms with Crippen molar-refractivity contribution < 1.29 is 0 Å². The summed E-state index contributed by atoms with van der Waals surface area (Å²) in [6.45, 7) is 0. The monoisotopic (exact) mass is 256 g/mol. The maximum Gasteiger partial charge on any atom is 0.0467 e. The normalized spacial score (nSPS) is 25.6. The van der Waals surface area contributed by atoms with E-state index in [1.807, 2.05) is 12.1 Å². The fourth-order valence-corrected chi connectivity index (χ4v) is 3.51. The van der Waals surface area contributed by atoms with E-state index in [4.69, 9.17) is 23.1 Å². The average molecular weight is 257 g/mol. The first-order valence-electron chi connectivity index (χ1n) is 5.64. The summed E-state index contributed by atoms with van der Waals surface area (Å²) in [5.41, 5.74) is 12.8. The zero-order valence-electron chi connectivity index (χ0n) is 9.16. The van der Waals surface area contributed by atoms with E-state index in [1.165, 1.54) is 19.3 Å². The summed E-state index contributed by atoms with van der Waals surface area (Å²) in [4.78, 5) is 1.10. The van der Waals surface area contributed by atoms with Crippen molar-refractivity contribution in [2.45, 2.75) is 41.9 Å². The van der Waals surface area contributed by atoms with Crippen molar-refractivity contribution in [3.8, 4) is 0 Å². The van der Waals surface area contributed by atoms with Crippen LogP contribution in [0, 0.1) is 0 Å². The molecular weight excluding hydrogens is 240 g/mol. The lowest BCUT2D eigenvalue weighted by atomic mass is 9.96. The Kier molecular flexibility index (Phi) is 4.00. The van der Waals surface area contributed by atoms with Crippen LogP contribution in [0.4, 0.5) is 5.69 Å². The molecule has 4 heteroatoms. The topological polar surface area (TPSA) is 52.0 Å². The van der Waals surface area contributed by atoms with Crippen LogP contribution >= 0.6 is 23.4 Å². The minimum atomic E-state index is 0.300. The van der Waals surface area contributed by atoms with Crippen LogP contribution in [0.2, 0.25) is 5.02 Å². The Hall–Kier alpha value is -0.380. The number of benzene rings is 1. The molecular formula is C12H17ClN2S. The molecule has 1 aromatic carbocycles. The number of thioether (sulfide) groups is 1. The highest BCUT2D eigenvalue weighted by molar-refractivity contribution is 8.00. The molecule has 0 amide bonds. The summed E-state index contributed by atoms with van der Waals surface area (Å²) in [6.07, 6.45) is 4.85. The minimum Gasteiger partial charge on any atom is -0.398 e. The number of nitrogens with two attached hydrogens (primary N) is 2. The highest BCUT2D eigenvalue weighted by atomic mass is 35.5. The molecule has 2 nitrogen and oxygen atoms in total. The molecule has 0 heterocycles. The summed E-state index contributed by atoms with van der Waals surface area (Å²) in [6, 6.07) is 5.98. The van der Waals surface area contributed by atoms with Crippen molar-refractivity contribution in [3.05, 3.63) is 23.2 Å². The molecule has 88 valence electrons. The van der Waals surface area contributed by atoms with Gasteiger partial charge in [-0.2, -0.15) is 0 Å². The predicted octanol–water partition coefficient (Wildman–Crippen LogP) is 3.28. The van der Waals surface area contributed by atoms with Gasteiger partial charge in [-0.15, -0.1) is 11.8 Å². The van der Waals surface area contributed by atoms with Crippen LogP contribution in [0.1, 0.15) is 25.7 Å². The van der Waals surface area contributed by atoms with Gasteiger partial charge in [-0.25, -0.2) is 0 Å². The Morgan fingerprint density at radius 1 is 1.25 bits per heavy atom. The minimum absolute atomic E-state index is 0.300. The smallest absolute Gasteiger partial charge is 0.0467 e. The Balaban J connectivity index is 2.07. The largest absolute Gasteiger partial charge is 0.398 e. The number of anilines is 1. The van der Waals surface area contributed by atoms with E-state index in [1.54, 1.807) is 17.8 Å². The maximum atomic E-state index is 6.12. The van der Waals surface area contributed by atoms with E-state index < -0.39 is 0 Å². The second-order valence-electron chi connectivity index (χ2n) is 4.29. The fourth-order valence-electron chi connectivity index (χ4n) is 2.06. The third-order valence-corrected chi connectivity index (χ3v) is 4.75. The Labute approximate surface area is 106 Å². The maximum absolute atomic E-state index is 6.12. The first kappa shape index (κ1) is 12.1. The van der Waals surface area contributed by atoms with Crippen molar-refractivity contribution >= 4 is 29.1 Å². The van der Waals surface area contributed by atoms with Gasteiger partial charge in [0, 0.05) is 26.9 Å². The zero-order valence-corrected chi connectivity index (χ0v) is 10.7. The molecule has 0 aromatic heterocycles. The third-order valence-electron chi connectivity index (χ3n) is 3.00. The predicted molar refractivity (Wildman–Crippen MR) is 72.0 cm³/mol. The third kappa shape index (κ3) is 2.84. The molecule has 2 unspecified atom stereocenters. The van der Waals surface area contributed by atoms with Crippen LogP contribution in [-0.4, -0.2) is 11.3 Å². The Morgan fingerprint density at radius 3 is 2.69 bits per heavy atom. The van der Waals surface area contributed by atoms with E-state index in [9.17, 15) is 0 Å². The molecule has 0 spiro atoms. The molecule has 1 aromatic rings. The van der Waals surface area contributed by atoms with Gasteiger partial charge in [0.25, 0.3) is 0 Å². The van der Waals surface area contributed by atoms with Crippen molar-refractivity contribution in [2.24, 2.45) is 5.73 Å². The number of nitrogen functional groups attached to an aromatic ring is 1. The Morgan fingerprint density at radius 2 is 2.00 bits per heavy atom. The molecule has 0 aliphatic heterocycles. The summed E-state index contributed by atoms with van der Waals surface area (Å²) < 4.78 is 0. The van der Waals surface area contributed by atoms with Crippen LogP contribution in [0.5, 0.6) is 0 Å². The molecule has 1 aliphatic carbocycles. The zero-order chi connectivity index (χ0) is 11.5. The summed E-state index contributed by atoms with van der Waals surface area (Å²) in [7, 11) is 0. The van der Waals surface area contributed by atoms with Crippen molar-refractivity contribution in [3.63, 3.8) is 0 Å². The SMILES string of the molecule is Nc1cc(Cl)ccc1SC1CCCCC1N. The van der Waals surface area contributed by atoms with E-state index >= 15 is 0 Å². The van der Waals surface area contributed by atoms with Crippen LogP contribution in [-0.2, 0) is 0 Å². The van der Waals surface area contributed by atoms with Crippen LogP contribution in [0.25, 0.3) is 0 Å². The molecule has 0 radical (unpaired) electrons. The number of halogens is 1. The van der Waals surface area contributed by atoms with Crippen LogP contribution in [0.15, 0.2) is 23.1 Å². The van der Waals surface area contributed by atoms with Crippen molar-refractivity contribution in [2.75, 3.05) is 5.73 Å². The summed E-state index contributed by atoms with van der Waals surface area (Å²) >= 11 is 7.67. The average Bonchev–Trinajstić information content (AvgIpc) is 2.25. The number of rotatable bonds is 2. The van der Waals surface area contributed by atoms with Gasteiger partial charge in [0.2, 0.25) is 0 Å². The number of hydrogen-bond donors (Lipinski definition) is 2. The first-order chi connectivity index (χ1) is 7.66. The molecule has 1 aliphatic rings. The Bertz CT molecular complexity index is 370. The first-order valence-corrected chi connectivity index (χ1v) is 6.90. The van der Waals surface area contributed by atoms with Gasteiger partial charge in [-0.3, -0.25) is 0 Å². The van der Waals surface area contributed by atoms with E-state index in [-0.39, 0.29) is 0 Å². The molecule has 0 saturated heterocycles. The van der Waals surface area contributed by atoms with Crippen LogP contribution < -0.4 is 11.5 Å². The van der Waals surface area contributed by atoms with E-state index in [0.29, 0.717) is 16.3 Å². The molecule has 16 heavy (non-hydrogen) atoms. The van der Waals surface area contributed by atoms with E-state index in [0.717, 1.165) is 17.0 Å². The quantitative estimate of drug-likeness (QED) is 0.799. The van der Waals surface area contributed by atoms with Gasteiger partial charge in [-0.1, -0.05) is 24.4 Å². The molecule has 0 bridgehead atoms. The second kappa shape index (κ2) is 5.30. The van der Waals surface area contributed by atoms with Gasteiger partial charge < -0.3 is 11.5 Å². The highest BCUT2D eigenvalue weighted by Gasteiger charge is 2.23. The standard InChI is InChI=1S/C12H17ClN2S/c13-8-5-6-12(10(15)7-8)16-11-4-2-1-3-9(11)14/h5-7,9,11H,1-4,14-15H2. The van der Waals surface area contributed by atoms with Crippen LogP contribution in [0.3, 0.4) is 0 Å².